The van der Waals surface area contributed by atoms with Gasteiger partial charge in [0.05, 0.1) is 12.3 Å². The number of hydrogen-bond donors (Lipinski definition) is 2. The minimum absolute atomic E-state index is 0.132. The van der Waals surface area contributed by atoms with Crippen LogP contribution in [0.1, 0.15) is 6.92 Å². The summed E-state index contributed by atoms with van der Waals surface area (Å²) >= 11 is 0. The van der Waals surface area contributed by atoms with Crippen LogP contribution in [0.15, 0.2) is 46.9 Å². The van der Waals surface area contributed by atoms with Crippen molar-refractivity contribution in [1.82, 2.24) is 9.97 Å². The number of aromatic nitrogens is 2. The summed E-state index contributed by atoms with van der Waals surface area (Å²) in [6.45, 7) is 2.77. The SMILES string of the molecule is CCN(CCOS(=O)(=O)O)c1ccc(N=Nc2ncc[nH]2)cc1. The van der Waals surface area contributed by atoms with E-state index < -0.39 is 10.4 Å². The van der Waals surface area contributed by atoms with E-state index in [-0.39, 0.29) is 6.61 Å². The number of hydrogen-bond acceptors (Lipinski definition) is 7. The Balaban J connectivity index is 1.96. The quantitative estimate of drug-likeness (QED) is 0.563. The van der Waals surface area contributed by atoms with Gasteiger partial charge in [0.15, 0.2) is 0 Å². The van der Waals surface area contributed by atoms with Gasteiger partial charge in [-0.05, 0) is 31.2 Å². The lowest BCUT2D eigenvalue weighted by Gasteiger charge is -2.22. The van der Waals surface area contributed by atoms with Gasteiger partial charge >= 0.3 is 10.4 Å². The molecule has 0 unspecified atom stereocenters. The number of nitrogens with zero attached hydrogens (tertiary/aromatic N) is 4. The maximum absolute atomic E-state index is 10.5. The lowest BCUT2D eigenvalue weighted by Crippen LogP contribution is -2.27. The maximum atomic E-state index is 10.5. The van der Waals surface area contributed by atoms with E-state index in [1.54, 1.807) is 24.5 Å². The normalized spacial score (nSPS) is 11.9. The van der Waals surface area contributed by atoms with Gasteiger partial charge in [-0.2, -0.15) is 8.42 Å². The van der Waals surface area contributed by atoms with E-state index in [2.05, 4.69) is 24.4 Å². The van der Waals surface area contributed by atoms with Crippen LogP contribution in [0.2, 0.25) is 0 Å². The molecule has 0 bridgehead atoms. The van der Waals surface area contributed by atoms with Crippen molar-refractivity contribution in [2.75, 3.05) is 24.6 Å². The Hall–Kier alpha value is -2.30. The molecule has 0 atom stereocenters. The van der Waals surface area contributed by atoms with E-state index in [1.165, 1.54) is 0 Å². The first-order valence-corrected chi connectivity index (χ1v) is 8.22. The number of anilines is 1. The summed E-state index contributed by atoms with van der Waals surface area (Å²) in [5.41, 5.74) is 1.54. The van der Waals surface area contributed by atoms with Crippen molar-refractivity contribution in [2.45, 2.75) is 6.92 Å². The third kappa shape index (κ3) is 5.77. The molecule has 0 aliphatic heterocycles. The van der Waals surface area contributed by atoms with Crippen molar-refractivity contribution in [3.8, 4) is 0 Å². The van der Waals surface area contributed by atoms with E-state index in [9.17, 15) is 8.42 Å². The molecule has 1 aromatic heterocycles. The minimum Gasteiger partial charge on any atom is -0.369 e. The summed E-state index contributed by atoms with van der Waals surface area (Å²) < 4.78 is 33.9. The fraction of sp³-hybridized carbons (Fsp3) is 0.308. The number of H-pyrrole nitrogens is 1. The Kier molecular flexibility index (Phi) is 5.79. The Morgan fingerprint density at radius 2 is 2.04 bits per heavy atom. The van der Waals surface area contributed by atoms with Crippen LogP contribution in [-0.4, -0.2) is 42.6 Å². The van der Waals surface area contributed by atoms with Crippen LogP contribution in [0.5, 0.6) is 0 Å². The van der Waals surface area contributed by atoms with Gasteiger partial charge < -0.3 is 9.88 Å². The second-order valence-electron chi connectivity index (χ2n) is 4.46. The highest BCUT2D eigenvalue weighted by molar-refractivity contribution is 7.80. The number of benzene rings is 1. The molecule has 0 aliphatic carbocycles. The number of rotatable bonds is 8. The second-order valence-corrected chi connectivity index (χ2v) is 5.55. The van der Waals surface area contributed by atoms with Crippen molar-refractivity contribution < 1.29 is 17.2 Å². The zero-order valence-electron chi connectivity index (χ0n) is 12.5. The molecule has 2 rings (SSSR count). The Bertz CT molecular complexity index is 728. The van der Waals surface area contributed by atoms with E-state index in [4.69, 9.17) is 4.55 Å². The standard InChI is InChI=1S/C13H17N5O4S/c1-2-18(9-10-22-23(19,20)21)12-5-3-11(4-6-12)16-17-13-14-7-8-15-13/h3-8H,2,9-10H2,1H3,(H,14,15)(H,19,20,21). The van der Waals surface area contributed by atoms with E-state index in [0.29, 0.717) is 24.7 Å². The Morgan fingerprint density at radius 1 is 1.30 bits per heavy atom. The topological polar surface area (TPSA) is 120 Å². The monoisotopic (exact) mass is 339 g/mol. The molecule has 0 aliphatic rings. The van der Waals surface area contributed by atoms with Crippen molar-refractivity contribution in [1.29, 1.82) is 0 Å². The predicted octanol–water partition coefficient (Wildman–Crippen LogP) is 2.47. The fourth-order valence-corrected chi connectivity index (χ4v) is 2.15. The Labute approximate surface area is 134 Å². The van der Waals surface area contributed by atoms with Gasteiger partial charge in [-0.15, -0.1) is 10.2 Å². The summed E-state index contributed by atoms with van der Waals surface area (Å²) in [4.78, 5) is 8.66. The third-order valence-corrected chi connectivity index (χ3v) is 3.40. The molecular formula is C13H17N5O4S. The largest absolute Gasteiger partial charge is 0.397 e. The van der Waals surface area contributed by atoms with Crippen LogP contribution in [0.4, 0.5) is 17.3 Å². The first kappa shape index (κ1) is 17.1. The third-order valence-electron chi connectivity index (χ3n) is 2.93. The summed E-state index contributed by atoms with van der Waals surface area (Å²) in [5, 5.41) is 7.98. The van der Waals surface area contributed by atoms with E-state index in [1.807, 2.05) is 24.0 Å². The van der Waals surface area contributed by atoms with Crippen LogP contribution in [0.3, 0.4) is 0 Å². The second kappa shape index (κ2) is 7.81. The highest BCUT2D eigenvalue weighted by Gasteiger charge is 2.08. The van der Waals surface area contributed by atoms with Gasteiger partial charge in [0.25, 0.3) is 0 Å². The summed E-state index contributed by atoms with van der Waals surface area (Å²) in [6, 6.07) is 7.25. The average molecular weight is 339 g/mol. The number of likely N-dealkylation sites (N-methyl/N-ethyl adjacent to an activating group) is 1. The molecule has 2 aromatic rings. The molecule has 0 spiro atoms. The fourth-order valence-electron chi connectivity index (χ4n) is 1.87. The predicted molar refractivity (Wildman–Crippen MR) is 84.6 cm³/mol. The molecule has 2 N–H and O–H groups in total. The summed E-state index contributed by atoms with van der Waals surface area (Å²) in [6.07, 6.45) is 3.25. The zero-order chi connectivity index (χ0) is 16.7. The van der Waals surface area contributed by atoms with Crippen LogP contribution >= 0.6 is 0 Å². The number of azo groups is 1. The van der Waals surface area contributed by atoms with Gasteiger partial charge in [-0.3, -0.25) is 4.55 Å². The molecule has 1 heterocycles. The van der Waals surface area contributed by atoms with Gasteiger partial charge in [0, 0.05) is 31.2 Å². The van der Waals surface area contributed by atoms with E-state index in [0.717, 1.165) is 5.69 Å². The van der Waals surface area contributed by atoms with Crippen LogP contribution < -0.4 is 4.90 Å². The highest BCUT2D eigenvalue weighted by Crippen LogP contribution is 2.21. The molecule has 0 saturated heterocycles. The molecule has 0 radical (unpaired) electrons. The molecule has 9 nitrogen and oxygen atoms in total. The van der Waals surface area contributed by atoms with Gasteiger partial charge in [0.1, 0.15) is 0 Å². The van der Waals surface area contributed by atoms with Crippen molar-refractivity contribution in [3.63, 3.8) is 0 Å². The number of nitrogens with one attached hydrogen (secondary N) is 1. The van der Waals surface area contributed by atoms with E-state index >= 15 is 0 Å². The van der Waals surface area contributed by atoms with Gasteiger partial charge in [0.2, 0.25) is 5.95 Å². The molecule has 1 aromatic carbocycles. The Morgan fingerprint density at radius 3 is 2.61 bits per heavy atom. The van der Waals surface area contributed by atoms with Gasteiger partial charge in [-0.1, -0.05) is 0 Å². The smallest absolute Gasteiger partial charge is 0.369 e. The number of aromatic amines is 1. The minimum atomic E-state index is -4.41. The molecule has 10 heteroatoms. The maximum Gasteiger partial charge on any atom is 0.397 e. The molecule has 124 valence electrons. The van der Waals surface area contributed by atoms with Crippen LogP contribution in [-0.2, 0) is 14.6 Å². The lowest BCUT2D eigenvalue weighted by molar-refractivity contribution is 0.274. The average Bonchev–Trinajstić information content (AvgIpc) is 3.03. The van der Waals surface area contributed by atoms with Gasteiger partial charge in [-0.25, -0.2) is 9.17 Å². The molecular weight excluding hydrogens is 322 g/mol. The highest BCUT2D eigenvalue weighted by atomic mass is 32.3. The first-order valence-electron chi connectivity index (χ1n) is 6.86. The lowest BCUT2D eigenvalue weighted by atomic mass is 10.2. The zero-order valence-corrected chi connectivity index (χ0v) is 13.3. The summed E-state index contributed by atoms with van der Waals surface area (Å²) in [5.74, 6) is 0.423. The molecule has 0 amide bonds. The number of imidazole rings is 1. The molecule has 0 fully saturated rings. The van der Waals surface area contributed by atoms with Crippen LogP contribution in [0, 0.1) is 0 Å². The molecule has 23 heavy (non-hydrogen) atoms. The molecule has 0 saturated carbocycles. The van der Waals surface area contributed by atoms with Crippen molar-refractivity contribution in [2.24, 2.45) is 10.2 Å². The first-order chi connectivity index (χ1) is 11.0. The summed E-state index contributed by atoms with van der Waals surface area (Å²) in [7, 11) is -4.41. The van der Waals surface area contributed by atoms with Crippen LogP contribution in [0.25, 0.3) is 0 Å². The van der Waals surface area contributed by atoms with Crippen molar-refractivity contribution >= 4 is 27.7 Å². The van der Waals surface area contributed by atoms with Crippen molar-refractivity contribution in [3.05, 3.63) is 36.7 Å².